The molecule has 1 aromatic carbocycles. The molecule has 0 bridgehead atoms. The van der Waals surface area contributed by atoms with Gasteiger partial charge in [-0.1, -0.05) is 31.4 Å². The van der Waals surface area contributed by atoms with Gasteiger partial charge in [0, 0.05) is 28.5 Å². The zero-order valence-corrected chi connectivity index (χ0v) is 13.6. The van der Waals surface area contributed by atoms with Crippen LogP contribution in [0.3, 0.4) is 0 Å². The van der Waals surface area contributed by atoms with E-state index in [9.17, 15) is 9.00 Å². The number of rotatable bonds is 4. The summed E-state index contributed by atoms with van der Waals surface area (Å²) in [4.78, 5) is 12.5. The van der Waals surface area contributed by atoms with E-state index in [2.05, 4.69) is 5.32 Å². The number of hydrogen-bond donors (Lipinski definition) is 2. The van der Waals surface area contributed by atoms with Crippen molar-refractivity contribution < 1.29 is 9.00 Å². The Morgan fingerprint density at radius 3 is 2.62 bits per heavy atom. The van der Waals surface area contributed by atoms with Gasteiger partial charge in [0.15, 0.2) is 0 Å². The first-order chi connectivity index (χ1) is 9.92. The van der Waals surface area contributed by atoms with Crippen molar-refractivity contribution in [2.24, 2.45) is 5.73 Å². The van der Waals surface area contributed by atoms with Crippen molar-refractivity contribution in [1.29, 1.82) is 0 Å². The maximum Gasteiger partial charge on any atom is 0.244 e. The highest BCUT2D eigenvalue weighted by Crippen LogP contribution is 2.28. The molecule has 0 radical (unpaired) electrons. The van der Waals surface area contributed by atoms with Crippen LogP contribution in [0, 0.1) is 6.92 Å². The van der Waals surface area contributed by atoms with E-state index in [1.165, 1.54) is 0 Å². The van der Waals surface area contributed by atoms with Crippen molar-refractivity contribution >= 4 is 22.4 Å². The molecule has 1 aromatic rings. The predicted molar refractivity (Wildman–Crippen MR) is 87.6 cm³/mol. The van der Waals surface area contributed by atoms with Crippen LogP contribution in [0.5, 0.6) is 0 Å². The molecule has 4 nitrogen and oxygen atoms in total. The Labute approximate surface area is 129 Å². The quantitative estimate of drug-likeness (QED) is 0.897. The molecule has 0 saturated heterocycles. The third-order valence-electron chi connectivity index (χ3n) is 4.25. The van der Waals surface area contributed by atoms with Crippen LogP contribution in [0.25, 0.3) is 0 Å². The maximum absolute atomic E-state index is 12.5. The highest BCUT2D eigenvalue weighted by molar-refractivity contribution is 7.83. The molecule has 5 heteroatoms. The van der Waals surface area contributed by atoms with Gasteiger partial charge in [0.05, 0.1) is 5.54 Å². The minimum Gasteiger partial charge on any atom is -0.324 e. The summed E-state index contributed by atoms with van der Waals surface area (Å²) in [7, 11) is -0.898. The molecular formula is C16H24N2O2S. The molecule has 3 N–H and O–H groups in total. The SMILES string of the molecule is Cc1c(CS(C)=O)cccc1NC(=O)C1(N)CCCCC1. The summed E-state index contributed by atoms with van der Waals surface area (Å²) in [6.07, 6.45) is 6.35. The molecule has 1 saturated carbocycles. The second kappa shape index (κ2) is 6.71. The number of benzene rings is 1. The largest absolute Gasteiger partial charge is 0.324 e. The smallest absolute Gasteiger partial charge is 0.244 e. The van der Waals surface area contributed by atoms with Crippen LogP contribution in [0.2, 0.25) is 0 Å². The Balaban J connectivity index is 2.15. The van der Waals surface area contributed by atoms with E-state index in [0.717, 1.165) is 48.9 Å². The summed E-state index contributed by atoms with van der Waals surface area (Å²) in [6, 6.07) is 5.71. The summed E-state index contributed by atoms with van der Waals surface area (Å²) in [5, 5.41) is 2.97. The molecule has 0 aromatic heterocycles. The Morgan fingerprint density at radius 1 is 1.33 bits per heavy atom. The van der Waals surface area contributed by atoms with E-state index >= 15 is 0 Å². The minimum absolute atomic E-state index is 0.0972. The zero-order valence-electron chi connectivity index (χ0n) is 12.8. The molecule has 1 fully saturated rings. The van der Waals surface area contributed by atoms with Gasteiger partial charge in [0.2, 0.25) is 5.91 Å². The van der Waals surface area contributed by atoms with Crippen LogP contribution in [0.4, 0.5) is 5.69 Å². The van der Waals surface area contributed by atoms with Gasteiger partial charge in [-0.15, -0.1) is 0 Å². The number of hydrogen-bond acceptors (Lipinski definition) is 3. The monoisotopic (exact) mass is 308 g/mol. The number of amides is 1. The number of carbonyl (C=O) groups excluding carboxylic acids is 1. The lowest BCUT2D eigenvalue weighted by Crippen LogP contribution is -2.52. The third kappa shape index (κ3) is 3.92. The van der Waals surface area contributed by atoms with Gasteiger partial charge in [0.1, 0.15) is 0 Å². The van der Waals surface area contributed by atoms with Gasteiger partial charge in [-0.05, 0) is 37.0 Å². The zero-order chi connectivity index (χ0) is 15.5. The lowest BCUT2D eigenvalue weighted by molar-refractivity contribution is -0.122. The molecule has 1 unspecified atom stereocenters. The number of anilines is 1. The van der Waals surface area contributed by atoms with E-state index < -0.39 is 16.3 Å². The Bertz CT molecular complexity index is 551. The fourth-order valence-corrected chi connectivity index (χ4v) is 3.60. The maximum atomic E-state index is 12.5. The average molecular weight is 308 g/mol. The second-order valence-electron chi connectivity index (χ2n) is 5.98. The summed E-state index contributed by atoms with van der Waals surface area (Å²) in [5.41, 5.74) is 8.27. The van der Waals surface area contributed by atoms with Gasteiger partial charge in [-0.25, -0.2) is 0 Å². The van der Waals surface area contributed by atoms with Gasteiger partial charge in [-0.3, -0.25) is 9.00 Å². The fourth-order valence-electron chi connectivity index (χ4n) is 2.85. The van der Waals surface area contributed by atoms with Gasteiger partial charge in [0.25, 0.3) is 0 Å². The molecule has 0 spiro atoms. The van der Waals surface area contributed by atoms with Crippen LogP contribution in [0.1, 0.15) is 43.2 Å². The normalized spacial score (nSPS) is 19.0. The van der Waals surface area contributed by atoms with Crippen LogP contribution in [-0.2, 0) is 21.3 Å². The summed E-state index contributed by atoms with van der Waals surface area (Å²) in [5.74, 6) is 0.406. The second-order valence-corrected chi connectivity index (χ2v) is 7.41. The Hall–Kier alpha value is -1.20. The van der Waals surface area contributed by atoms with Gasteiger partial charge >= 0.3 is 0 Å². The van der Waals surface area contributed by atoms with Crippen LogP contribution < -0.4 is 11.1 Å². The first-order valence-corrected chi connectivity index (χ1v) is 9.14. The third-order valence-corrected chi connectivity index (χ3v) is 4.97. The van der Waals surface area contributed by atoms with E-state index in [4.69, 9.17) is 5.73 Å². The van der Waals surface area contributed by atoms with E-state index in [1.807, 2.05) is 25.1 Å². The standard InChI is InChI=1S/C16H24N2O2S/c1-12-13(11-21(2)20)7-6-8-14(12)18-15(19)16(17)9-4-3-5-10-16/h6-8H,3-5,9-11,17H2,1-2H3,(H,18,19). The molecule has 116 valence electrons. The first kappa shape index (κ1) is 16.2. The lowest BCUT2D eigenvalue weighted by Gasteiger charge is -2.32. The molecular weight excluding hydrogens is 284 g/mol. The molecule has 1 aliphatic rings. The van der Waals surface area contributed by atoms with Crippen molar-refractivity contribution in [2.45, 2.75) is 50.3 Å². The number of nitrogens with one attached hydrogen (secondary N) is 1. The molecule has 2 rings (SSSR count). The fraction of sp³-hybridized carbons (Fsp3) is 0.562. The minimum atomic E-state index is -0.898. The van der Waals surface area contributed by atoms with Gasteiger partial charge < -0.3 is 11.1 Å². The number of carbonyl (C=O) groups is 1. The molecule has 0 heterocycles. The van der Waals surface area contributed by atoms with Gasteiger partial charge in [-0.2, -0.15) is 0 Å². The first-order valence-electron chi connectivity index (χ1n) is 7.41. The van der Waals surface area contributed by atoms with Crippen molar-refractivity contribution in [3.8, 4) is 0 Å². The molecule has 1 aliphatic carbocycles. The molecule has 21 heavy (non-hydrogen) atoms. The summed E-state index contributed by atoms with van der Waals surface area (Å²) in [6.45, 7) is 1.95. The van der Waals surface area contributed by atoms with Crippen LogP contribution in [0.15, 0.2) is 18.2 Å². The number of nitrogens with two attached hydrogens (primary N) is 1. The van der Waals surface area contributed by atoms with Crippen molar-refractivity contribution in [3.05, 3.63) is 29.3 Å². The molecule has 1 amide bonds. The highest BCUT2D eigenvalue weighted by atomic mass is 32.2. The van der Waals surface area contributed by atoms with Crippen LogP contribution in [-0.4, -0.2) is 21.9 Å². The van der Waals surface area contributed by atoms with Crippen molar-refractivity contribution in [1.82, 2.24) is 0 Å². The highest BCUT2D eigenvalue weighted by Gasteiger charge is 2.35. The van der Waals surface area contributed by atoms with Crippen molar-refractivity contribution in [2.75, 3.05) is 11.6 Å². The predicted octanol–water partition coefficient (Wildman–Crippen LogP) is 2.47. The summed E-state index contributed by atoms with van der Waals surface area (Å²) < 4.78 is 11.4. The Morgan fingerprint density at radius 2 is 2.00 bits per heavy atom. The van der Waals surface area contributed by atoms with Crippen molar-refractivity contribution in [3.63, 3.8) is 0 Å². The van der Waals surface area contributed by atoms with E-state index in [-0.39, 0.29) is 5.91 Å². The lowest BCUT2D eigenvalue weighted by atomic mass is 9.82. The average Bonchev–Trinajstić information content (AvgIpc) is 2.43. The summed E-state index contributed by atoms with van der Waals surface area (Å²) >= 11 is 0. The molecule has 1 atom stereocenters. The topological polar surface area (TPSA) is 72.2 Å². The van der Waals surface area contributed by atoms with Crippen LogP contribution >= 0.6 is 0 Å². The molecule has 0 aliphatic heterocycles. The van der Waals surface area contributed by atoms with E-state index in [1.54, 1.807) is 6.26 Å². The Kier molecular flexibility index (Phi) is 5.17. The van der Waals surface area contributed by atoms with E-state index in [0.29, 0.717) is 5.75 Å².